The van der Waals surface area contributed by atoms with Gasteiger partial charge in [-0.2, -0.15) is 4.91 Å². The summed E-state index contributed by atoms with van der Waals surface area (Å²) in [5.74, 6) is -0.243. The van der Waals surface area contributed by atoms with Gasteiger partial charge in [-0.25, -0.2) is 0 Å². The third-order valence-electron chi connectivity index (χ3n) is 3.90. The van der Waals surface area contributed by atoms with Crippen LogP contribution in [-0.4, -0.2) is 65.7 Å². The van der Waals surface area contributed by atoms with Gasteiger partial charge >= 0.3 is 0 Å². The summed E-state index contributed by atoms with van der Waals surface area (Å²) >= 11 is 0. The Morgan fingerprint density at radius 1 is 1.33 bits per heavy atom. The van der Waals surface area contributed by atoms with Crippen LogP contribution >= 0.6 is 0 Å². The fourth-order valence-corrected chi connectivity index (χ4v) is 2.54. The molecule has 24 heavy (non-hydrogen) atoms. The molecule has 0 aliphatic carbocycles. The van der Waals surface area contributed by atoms with Crippen LogP contribution in [0.4, 0.5) is 0 Å². The monoisotopic (exact) mass is 346 g/mol. The van der Waals surface area contributed by atoms with Gasteiger partial charge < -0.3 is 25.0 Å². The van der Waals surface area contributed by atoms with Crippen molar-refractivity contribution in [3.05, 3.63) is 4.91 Å². The Labute approximate surface area is 140 Å². The molecule has 1 aliphatic heterocycles. The SMILES string of the molecule is CCC(=O)CCCCOC1OC(CO)C(N=O)C(O)C1NC(C)=O. The number of ether oxygens (including phenoxy) is 2. The molecule has 0 spiro atoms. The van der Waals surface area contributed by atoms with Crippen LogP contribution in [0.1, 0.15) is 39.5 Å². The van der Waals surface area contributed by atoms with Crippen LogP contribution < -0.4 is 5.32 Å². The third-order valence-corrected chi connectivity index (χ3v) is 3.90. The van der Waals surface area contributed by atoms with E-state index in [1.807, 2.05) is 0 Å². The first kappa shape index (κ1) is 20.6. The minimum absolute atomic E-state index is 0.177. The quantitative estimate of drug-likeness (QED) is 0.370. The predicted molar refractivity (Wildman–Crippen MR) is 84.0 cm³/mol. The van der Waals surface area contributed by atoms with Gasteiger partial charge in [0.2, 0.25) is 5.91 Å². The maximum Gasteiger partial charge on any atom is 0.217 e. The Morgan fingerprint density at radius 2 is 2.04 bits per heavy atom. The molecule has 0 aromatic heterocycles. The maximum absolute atomic E-state index is 11.3. The molecule has 138 valence electrons. The number of hydrogen-bond acceptors (Lipinski definition) is 8. The molecule has 9 heteroatoms. The van der Waals surface area contributed by atoms with E-state index in [4.69, 9.17) is 9.47 Å². The number of carbonyl (C=O) groups excluding carboxylic acids is 2. The number of nitrogens with one attached hydrogen (secondary N) is 1. The van der Waals surface area contributed by atoms with Crippen molar-refractivity contribution in [3.63, 3.8) is 0 Å². The van der Waals surface area contributed by atoms with E-state index in [0.29, 0.717) is 25.7 Å². The van der Waals surface area contributed by atoms with Gasteiger partial charge in [0, 0.05) is 26.4 Å². The van der Waals surface area contributed by atoms with E-state index in [0.717, 1.165) is 0 Å². The van der Waals surface area contributed by atoms with Crippen molar-refractivity contribution in [2.45, 2.75) is 70.1 Å². The molecule has 0 aromatic carbocycles. The molecule has 1 fully saturated rings. The van der Waals surface area contributed by atoms with E-state index in [9.17, 15) is 24.7 Å². The number of unbranched alkanes of at least 4 members (excludes halogenated alkanes) is 1. The molecule has 9 nitrogen and oxygen atoms in total. The smallest absolute Gasteiger partial charge is 0.217 e. The van der Waals surface area contributed by atoms with E-state index < -0.39 is 43.1 Å². The van der Waals surface area contributed by atoms with E-state index in [1.165, 1.54) is 6.92 Å². The lowest BCUT2D eigenvalue weighted by Crippen LogP contribution is -2.64. The number of rotatable bonds is 10. The van der Waals surface area contributed by atoms with Gasteiger partial charge in [0.25, 0.3) is 0 Å². The Hall–Kier alpha value is -1.42. The fraction of sp³-hybridized carbons (Fsp3) is 0.867. The first-order chi connectivity index (χ1) is 11.4. The molecule has 5 unspecified atom stereocenters. The molecule has 1 heterocycles. The first-order valence-corrected chi connectivity index (χ1v) is 8.11. The van der Waals surface area contributed by atoms with Crippen molar-refractivity contribution in [2.24, 2.45) is 5.18 Å². The van der Waals surface area contributed by atoms with Crippen LogP contribution in [0.2, 0.25) is 0 Å². The Kier molecular flexibility index (Phi) is 8.98. The summed E-state index contributed by atoms with van der Waals surface area (Å²) in [6.45, 7) is 2.81. The highest BCUT2D eigenvalue weighted by Gasteiger charge is 2.47. The highest BCUT2D eigenvalue weighted by Crippen LogP contribution is 2.24. The third kappa shape index (κ3) is 5.90. The number of amides is 1. The van der Waals surface area contributed by atoms with E-state index >= 15 is 0 Å². The molecule has 1 amide bonds. The van der Waals surface area contributed by atoms with E-state index in [-0.39, 0.29) is 12.4 Å². The summed E-state index contributed by atoms with van der Waals surface area (Å²) in [7, 11) is 0. The zero-order valence-corrected chi connectivity index (χ0v) is 14.0. The second-order valence-electron chi connectivity index (χ2n) is 5.76. The number of aliphatic hydroxyl groups excluding tert-OH is 2. The van der Waals surface area contributed by atoms with Crippen LogP contribution in [0.25, 0.3) is 0 Å². The van der Waals surface area contributed by atoms with Crippen LogP contribution in [0.5, 0.6) is 0 Å². The Bertz CT molecular complexity index is 432. The Morgan fingerprint density at radius 3 is 2.58 bits per heavy atom. The lowest BCUT2D eigenvalue weighted by Gasteiger charge is -2.41. The van der Waals surface area contributed by atoms with Gasteiger partial charge in [-0.1, -0.05) is 12.1 Å². The zero-order chi connectivity index (χ0) is 18.1. The molecule has 1 aliphatic rings. The van der Waals surface area contributed by atoms with Crippen molar-refractivity contribution in [1.29, 1.82) is 0 Å². The summed E-state index contributed by atoms with van der Waals surface area (Å²) in [5, 5.41) is 24.8. The highest BCUT2D eigenvalue weighted by atomic mass is 16.7. The molecular weight excluding hydrogens is 320 g/mol. The zero-order valence-electron chi connectivity index (χ0n) is 14.0. The van der Waals surface area contributed by atoms with Gasteiger partial charge in [0.05, 0.1) is 6.61 Å². The lowest BCUT2D eigenvalue weighted by atomic mass is 9.95. The van der Waals surface area contributed by atoms with Crippen LogP contribution in [0, 0.1) is 4.91 Å². The first-order valence-electron chi connectivity index (χ1n) is 8.11. The lowest BCUT2D eigenvalue weighted by molar-refractivity contribution is -0.243. The molecule has 1 saturated heterocycles. The largest absolute Gasteiger partial charge is 0.394 e. The summed E-state index contributed by atoms with van der Waals surface area (Å²) < 4.78 is 11.0. The predicted octanol–water partition coefficient (Wildman–Crippen LogP) is -0.130. The highest BCUT2D eigenvalue weighted by molar-refractivity contribution is 5.77. The van der Waals surface area contributed by atoms with Gasteiger partial charge in [-0.15, -0.1) is 0 Å². The average molecular weight is 346 g/mol. The topological polar surface area (TPSA) is 135 Å². The van der Waals surface area contributed by atoms with Crippen LogP contribution in [0.15, 0.2) is 5.18 Å². The van der Waals surface area contributed by atoms with E-state index in [1.54, 1.807) is 6.92 Å². The molecule has 0 aromatic rings. The summed E-state index contributed by atoms with van der Waals surface area (Å²) in [5.41, 5.74) is 0. The van der Waals surface area contributed by atoms with E-state index in [2.05, 4.69) is 10.5 Å². The van der Waals surface area contributed by atoms with Crippen molar-refractivity contribution < 1.29 is 29.3 Å². The number of nitroso groups, excluding NO2 is 1. The second-order valence-corrected chi connectivity index (χ2v) is 5.76. The number of carbonyl (C=O) groups is 2. The van der Waals surface area contributed by atoms with Crippen LogP contribution in [0.3, 0.4) is 0 Å². The van der Waals surface area contributed by atoms with Crippen molar-refractivity contribution in [3.8, 4) is 0 Å². The molecular formula is C15H26N2O7. The normalized spacial score (nSPS) is 29.9. The molecule has 0 bridgehead atoms. The molecule has 3 N–H and O–H groups in total. The van der Waals surface area contributed by atoms with Gasteiger partial charge in [0.1, 0.15) is 30.1 Å². The van der Waals surface area contributed by atoms with Crippen molar-refractivity contribution >= 4 is 11.7 Å². The van der Waals surface area contributed by atoms with Gasteiger partial charge in [-0.3, -0.25) is 9.59 Å². The number of ketones is 1. The minimum Gasteiger partial charge on any atom is -0.394 e. The van der Waals surface area contributed by atoms with Gasteiger partial charge in [0.15, 0.2) is 6.29 Å². The molecule has 0 saturated carbocycles. The number of Topliss-reactive ketones (excluding diaryl/α,β-unsaturated/α-hetero) is 1. The minimum atomic E-state index is -1.33. The Balaban J connectivity index is 2.61. The number of nitrogens with zero attached hydrogens (tertiary/aromatic N) is 1. The summed E-state index contributed by atoms with van der Waals surface area (Å²) in [6, 6.07) is -2.17. The van der Waals surface area contributed by atoms with Crippen LogP contribution in [-0.2, 0) is 19.1 Å². The molecule has 0 radical (unpaired) electrons. The van der Waals surface area contributed by atoms with Gasteiger partial charge in [-0.05, 0) is 12.8 Å². The fourth-order valence-electron chi connectivity index (χ4n) is 2.54. The number of hydrogen-bond donors (Lipinski definition) is 3. The summed E-state index contributed by atoms with van der Waals surface area (Å²) in [6.07, 6.45) is -1.11. The molecule has 1 rings (SSSR count). The number of aliphatic hydroxyl groups is 2. The second kappa shape index (κ2) is 10.4. The van der Waals surface area contributed by atoms with Crippen molar-refractivity contribution in [1.82, 2.24) is 5.32 Å². The average Bonchev–Trinajstić information content (AvgIpc) is 2.56. The molecule has 5 atom stereocenters. The summed E-state index contributed by atoms with van der Waals surface area (Å²) in [4.78, 5) is 33.4. The standard InChI is InChI=1S/C15H26N2O7/c1-3-10(20)6-4-5-7-23-15-13(16-9(2)19)14(21)12(17-22)11(8-18)24-15/h11-15,18,21H,3-8H2,1-2H3,(H,16,19). The van der Waals surface area contributed by atoms with Crippen molar-refractivity contribution in [2.75, 3.05) is 13.2 Å². The maximum atomic E-state index is 11.3.